The highest BCUT2D eigenvalue weighted by atomic mass is 15.2. The molecule has 124 valence electrons. The average molecular weight is 296 g/mol. The molecule has 3 heteroatoms. The van der Waals surface area contributed by atoms with Gasteiger partial charge in [-0.3, -0.25) is 4.90 Å². The molecule has 0 amide bonds. The van der Waals surface area contributed by atoms with Crippen molar-refractivity contribution in [2.75, 3.05) is 46.8 Å². The van der Waals surface area contributed by atoms with E-state index >= 15 is 0 Å². The minimum Gasteiger partial charge on any atom is -0.319 e. The lowest BCUT2D eigenvalue weighted by Crippen LogP contribution is -2.48. The fraction of sp³-hybridized carbons (Fsp3) is 1.00. The van der Waals surface area contributed by atoms with E-state index in [1.54, 1.807) is 0 Å². The summed E-state index contributed by atoms with van der Waals surface area (Å²) in [5.41, 5.74) is 0.529. The highest BCUT2D eigenvalue weighted by Gasteiger charge is 2.34. The van der Waals surface area contributed by atoms with Gasteiger partial charge in [0.05, 0.1) is 0 Å². The number of rotatable bonds is 5. The van der Waals surface area contributed by atoms with Crippen molar-refractivity contribution in [2.24, 2.45) is 5.41 Å². The maximum Gasteiger partial charge on any atom is 0.0220 e. The summed E-state index contributed by atoms with van der Waals surface area (Å²) in [4.78, 5) is 5.37. The highest BCUT2D eigenvalue weighted by molar-refractivity contribution is 4.89. The second-order valence-electron chi connectivity index (χ2n) is 7.59. The van der Waals surface area contributed by atoms with E-state index in [0.29, 0.717) is 5.41 Å². The molecular formula is C18H37N3. The van der Waals surface area contributed by atoms with Crippen molar-refractivity contribution in [3.05, 3.63) is 0 Å². The quantitative estimate of drug-likeness (QED) is 0.787. The van der Waals surface area contributed by atoms with E-state index in [1.165, 1.54) is 84.1 Å². The van der Waals surface area contributed by atoms with Crippen LogP contribution >= 0.6 is 0 Å². The summed E-state index contributed by atoms with van der Waals surface area (Å²) >= 11 is 0. The second kappa shape index (κ2) is 8.50. The Labute approximate surface area is 132 Å². The number of hydrogen-bond acceptors (Lipinski definition) is 3. The Kier molecular flexibility index (Phi) is 6.97. The van der Waals surface area contributed by atoms with Gasteiger partial charge in [-0.1, -0.05) is 32.6 Å². The zero-order valence-corrected chi connectivity index (χ0v) is 14.7. The average Bonchev–Trinajstić information content (AvgIpc) is 2.79. The van der Waals surface area contributed by atoms with Crippen molar-refractivity contribution in [2.45, 2.75) is 64.3 Å². The Hall–Kier alpha value is -0.120. The standard InChI is InChI=1S/C18H37N3/c1-4-17-14-20(3)12-9-13-21(17)16-18(15-19-2)10-7-5-6-8-11-18/h17,19H,4-16H2,1-3H3. The monoisotopic (exact) mass is 295 g/mol. The Morgan fingerprint density at radius 3 is 2.38 bits per heavy atom. The van der Waals surface area contributed by atoms with Crippen molar-refractivity contribution in [1.82, 2.24) is 15.1 Å². The van der Waals surface area contributed by atoms with Gasteiger partial charge < -0.3 is 10.2 Å². The van der Waals surface area contributed by atoms with Crippen LogP contribution in [0.15, 0.2) is 0 Å². The first-order valence-electron chi connectivity index (χ1n) is 9.26. The number of likely N-dealkylation sites (N-methyl/N-ethyl adjacent to an activating group) is 1. The van der Waals surface area contributed by atoms with E-state index in [9.17, 15) is 0 Å². The maximum absolute atomic E-state index is 3.52. The first-order valence-corrected chi connectivity index (χ1v) is 9.26. The molecule has 1 aliphatic heterocycles. The van der Waals surface area contributed by atoms with Gasteiger partial charge in [-0.15, -0.1) is 0 Å². The molecule has 3 nitrogen and oxygen atoms in total. The van der Waals surface area contributed by atoms with Crippen LogP contribution in [-0.2, 0) is 0 Å². The van der Waals surface area contributed by atoms with Gasteiger partial charge >= 0.3 is 0 Å². The van der Waals surface area contributed by atoms with Crippen molar-refractivity contribution < 1.29 is 0 Å². The molecule has 0 aromatic carbocycles. The summed E-state index contributed by atoms with van der Waals surface area (Å²) in [7, 11) is 4.43. The summed E-state index contributed by atoms with van der Waals surface area (Å²) in [6, 6.07) is 0.759. The van der Waals surface area contributed by atoms with Crippen LogP contribution in [0.1, 0.15) is 58.3 Å². The SMILES string of the molecule is CCC1CN(C)CCCN1CC1(CNC)CCCCCC1. The first kappa shape index (κ1) is 17.2. The minimum atomic E-state index is 0.529. The van der Waals surface area contributed by atoms with Crippen LogP contribution in [-0.4, -0.2) is 62.7 Å². The zero-order valence-electron chi connectivity index (χ0n) is 14.7. The summed E-state index contributed by atoms with van der Waals surface area (Å²) in [5, 5.41) is 3.52. The second-order valence-corrected chi connectivity index (χ2v) is 7.59. The third-order valence-corrected chi connectivity index (χ3v) is 5.75. The molecule has 2 fully saturated rings. The molecular weight excluding hydrogens is 258 g/mol. The smallest absolute Gasteiger partial charge is 0.0220 e. The molecule has 1 N–H and O–H groups in total. The molecule has 1 saturated carbocycles. The summed E-state index contributed by atoms with van der Waals surface area (Å²) in [5.74, 6) is 0. The molecule has 2 aliphatic rings. The van der Waals surface area contributed by atoms with Gasteiger partial charge in [-0.25, -0.2) is 0 Å². The Morgan fingerprint density at radius 2 is 1.76 bits per heavy atom. The van der Waals surface area contributed by atoms with Crippen LogP contribution in [0.4, 0.5) is 0 Å². The molecule has 0 aromatic rings. The molecule has 0 spiro atoms. The molecule has 1 heterocycles. The maximum atomic E-state index is 3.52. The molecule has 1 saturated heterocycles. The minimum absolute atomic E-state index is 0.529. The summed E-state index contributed by atoms with van der Waals surface area (Å²) in [6.45, 7) is 8.72. The fourth-order valence-corrected chi connectivity index (χ4v) is 4.56. The van der Waals surface area contributed by atoms with E-state index < -0.39 is 0 Å². The number of nitrogens with zero attached hydrogens (tertiary/aromatic N) is 2. The van der Waals surface area contributed by atoms with Gasteiger partial charge in [-0.05, 0) is 58.3 Å². The van der Waals surface area contributed by atoms with Gasteiger partial charge in [-0.2, -0.15) is 0 Å². The molecule has 1 atom stereocenters. The lowest BCUT2D eigenvalue weighted by molar-refractivity contribution is 0.0917. The normalized spacial score (nSPS) is 29.0. The lowest BCUT2D eigenvalue weighted by atomic mass is 9.79. The molecule has 1 aliphatic carbocycles. The van der Waals surface area contributed by atoms with Crippen LogP contribution in [0.5, 0.6) is 0 Å². The molecule has 0 aromatic heterocycles. The van der Waals surface area contributed by atoms with Crippen LogP contribution in [0.2, 0.25) is 0 Å². The summed E-state index contributed by atoms with van der Waals surface area (Å²) < 4.78 is 0. The van der Waals surface area contributed by atoms with Gasteiger partial charge in [0, 0.05) is 25.7 Å². The number of hydrogen-bond donors (Lipinski definition) is 1. The first-order chi connectivity index (χ1) is 10.2. The third-order valence-electron chi connectivity index (χ3n) is 5.75. The van der Waals surface area contributed by atoms with Crippen LogP contribution < -0.4 is 5.32 Å². The van der Waals surface area contributed by atoms with Gasteiger partial charge in [0.2, 0.25) is 0 Å². The van der Waals surface area contributed by atoms with Crippen molar-refractivity contribution in [3.63, 3.8) is 0 Å². The Bertz CT molecular complexity index is 284. The van der Waals surface area contributed by atoms with Crippen LogP contribution in [0, 0.1) is 5.41 Å². The molecule has 2 rings (SSSR count). The van der Waals surface area contributed by atoms with E-state index in [-0.39, 0.29) is 0 Å². The topological polar surface area (TPSA) is 18.5 Å². The molecule has 1 unspecified atom stereocenters. The van der Waals surface area contributed by atoms with Crippen molar-refractivity contribution in [1.29, 1.82) is 0 Å². The van der Waals surface area contributed by atoms with Crippen molar-refractivity contribution >= 4 is 0 Å². The van der Waals surface area contributed by atoms with E-state index in [1.807, 2.05) is 0 Å². The van der Waals surface area contributed by atoms with Gasteiger partial charge in [0.25, 0.3) is 0 Å². The van der Waals surface area contributed by atoms with Crippen molar-refractivity contribution in [3.8, 4) is 0 Å². The van der Waals surface area contributed by atoms with Crippen LogP contribution in [0.25, 0.3) is 0 Å². The largest absolute Gasteiger partial charge is 0.319 e. The van der Waals surface area contributed by atoms with Gasteiger partial charge in [0.1, 0.15) is 0 Å². The van der Waals surface area contributed by atoms with Gasteiger partial charge in [0.15, 0.2) is 0 Å². The van der Waals surface area contributed by atoms with E-state index in [4.69, 9.17) is 0 Å². The molecule has 0 radical (unpaired) electrons. The predicted octanol–water partition coefficient (Wildman–Crippen LogP) is 2.96. The molecule has 0 bridgehead atoms. The van der Waals surface area contributed by atoms with Crippen LogP contribution in [0.3, 0.4) is 0 Å². The Morgan fingerprint density at radius 1 is 1.05 bits per heavy atom. The van der Waals surface area contributed by atoms with E-state index in [0.717, 1.165) is 6.04 Å². The molecule has 21 heavy (non-hydrogen) atoms. The lowest BCUT2D eigenvalue weighted by Gasteiger charge is -2.41. The number of nitrogens with one attached hydrogen (secondary N) is 1. The highest BCUT2D eigenvalue weighted by Crippen LogP contribution is 2.36. The Balaban J connectivity index is 2.06. The van der Waals surface area contributed by atoms with E-state index in [2.05, 4.69) is 36.1 Å². The third kappa shape index (κ3) is 4.94. The zero-order chi connectivity index (χ0) is 15.1. The fourth-order valence-electron chi connectivity index (χ4n) is 4.56. The predicted molar refractivity (Wildman–Crippen MR) is 91.8 cm³/mol. The summed E-state index contributed by atoms with van der Waals surface area (Å²) in [6.07, 6.45) is 11.3.